The fourth-order valence-electron chi connectivity index (χ4n) is 4.46. The Labute approximate surface area is 179 Å². The molecule has 0 unspecified atom stereocenters. The van der Waals surface area contributed by atoms with Gasteiger partial charge in [0, 0.05) is 10.8 Å². The molecule has 0 saturated carbocycles. The van der Waals surface area contributed by atoms with E-state index in [9.17, 15) is 33.3 Å². The van der Waals surface area contributed by atoms with Gasteiger partial charge in [-0.15, -0.1) is 0 Å². The maximum absolute atomic E-state index is 13.6. The highest BCUT2D eigenvalue weighted by Crippen LogP contribution is 2.37. The van der Waals surface area contributed by atoms with E-state index in [1.807, 2.05) is 0 Å². The van der Waals surface area contributed by atoms with E-state index < -0.39 is 22.9 Å². The highest BCUT2D eigenvalue weighted by atomic mass is 19.4. The van der Waals surface area contributed by atoms with Crippen molar-refractivity contribution in [3.63, 3.8) is 0 Å². The fraction of sp³-hybridized carbons (Fsp3) is 0.0909. The van der Waals surface area contributed by atoms with Crippen molar-refractivity contribution in [1.29, 1.82) is 10.5 Å². The smallest absolute Gasteiger partial charge is 0.268 e. The predicted molar refractivity (Wildman–Crippen MR) is 111 cm³/mol. The SMILES string of the molecule is Cc1cc(C(F)(F)F)c2nc3c4cc5c(=O)n6c(C#N)c(C#N)nc6c5cc4c(=O)n3c2c1. The molecular weight excluding hydrogens is 437 g/mol. The molecule has 4 heterocycles. The summed E-state index contributed by atoms with van der Waals surface area (Å²) in [5.74, 6) is 0. The summed E-state index contributed by atoms with van der Waals surface area (Å²) in [6.45, 7) is 1.49. The molecule has 11 heteroatoms. The summed E-state index contributed by atoms with van der Waals surface area (Å²) in [5, 5.41) is 19.3. The quantitative estimate of drug-likeness (QED) is 0.355. The number of rotatable bonds is 0. The van der Waals surface area contributed by atoms with Crippen LogP contribution < -0.4 is 11.1 Å². The number of fused-ring (bicyclic) bond motifs is 8. The van der Waals surface area contributed by atoms with Gasteiger partial charge in [-0.1, -0.05) is 0 Å². The molecule has 0 atom stereocenters. The van der Waals surface area contributed by atoms with Gasteiger partial charge in [-0.3, -0.25) is 14.0 Å². The predicted octanol–water partition coefficient (Wildman–Crippen LogP) is 3.11. The molecule has 0 spiro atoms. The van der Waals surface area contributed by atoms with Crippen LogP contribution in [-0.2, 0) is 6.18 Å². The minimum atomic E-state index is -4.67. The van der Waals surface area contributed by atoms with Crippen LogP contribution in [0.1, 0.15) is 22.5 Å². The molecule has 0 aliphatic rings. The van der Waals surface area contributed by atoms with Crippen molar-refractivity contribution in [1.82, 2.24) is 18.8 Å². The molecule has 2 aromatic carbocycles. The van der Waals surface area contributed by atoms with E-state index in [-0.39, 0.29) is 55.3 Å². The molecule has 0 bridgehead atoms. The second-order valence-corrected chi connectivity index (χ2v) is 7.69. The van der Waals surface area contributed by atoms with Crippen LogP contribution in [0.25, 0.3) is 43.9 Å². The Morgan fingerprint density at radius 3 is 2.03 bits per heavy atom. The third-order valence-corrected chi connectivity index (χ3v) is 5.81. The van der Waals surface area contributed by atoms with Crippen molar-refractivity contribution in [3.05, 3.63) is 67.5 Å². The van der Waals surface area contributed by atoms with Crippen molar-refractivity contribution in [2.45, 2.75) is 13.1 Å². The van der Waals surface area contributed by atoms with Crippen LogP contribution in [-0.4, -0.2) is 18.8 Å². The summed E-state index contributed by atoms with van der Waals surface area (Å²) >= 11 is 0. The highest BCUT2D eigenvalue weighted by molar-refractivity contribution is 6.10. The summed E-state index contributed by atoms with van der Waals surface area (Å²) in [5.41, 5.74) is -2.57. The van der Waals surface area contributed by atoms with Crippen molar-refractivity contribution in [2.24, 2.45) is 0 Å². The number of alkyl halides is 3. The van der Waals surface area contributed by atoms with E-state index in [4.69, 9.17) is 0 Å². The maximum atomic E-state index is 13.6. The third kappa shape index (κ3) is 2.18. The Morgan fingerprint density at radius 2 is 1.45 bits per heavy atom. The average Bonchev–Trinajstić information content (AvgIpc) is 3.46. The first-order chi connectivity index (χ1) is 15.7. The van der Waals surface area contributed by atoms with Gasteiger partial charge in [0.15, 0.2) is 17.0 Å². The minimum Gasteiger partial charge on any atom is -0.268 e. The van der Waals surface area contributed by atoms with E-state index >= 15 is 0 Å². The Kier molecular flexibility index (Phi) is 3.29. The Bertz CT molecular complexity index is 2040. The van der Waals surface area contributed by atoms with Gasteiger partial charge < -0.3 is 0 Å². The van der Waals surface area contributed by atoms with Crippen LogP contribution in [0.2, 0.25) is 0 Å². The molecule has 0 amide bonds. The number of benzene rings is 2. The number of hydrogen-bond acceptors (Lipinski definition) is 6. The standard InChI is InChI=1S/C22H7F3N6O2/c1-8-2-13(22(23,24)25)17-15(3-8)30-19(29-17)10-5-11-9(4-12(10)20(30)32)18-28-14(6-26)16(7-27)31(18)21(11)33/h2-5H,1H3. The molecule has 6 aromatic rings. The topological polar surface area (TPSA) is 116 Å². The van der Waals surface area contributed by atoms with Crippen LogP contribution in [0, 0.1) is 29.6 Å². The van der Waals surface area contributed by atoms with Gasteiger partial charge in [-0.2, -0.15) is 23.7 Å². The van der Waals surface area contributed by atoms with Crippen LogP contribution in [0.15, 0.2) is 33.9 Å². The summed E-state index contributed by atoms with van der Waals surface area (Å²) < 4.78 is 42.9. The number of imidazole rings is 2. The maximum Gasteiger partial charge on any atom is 0.418 e. The summed E-state index contributed by atoms with van der Waals surface area (Å²) in [6.07, 6.45) is -4.67. The zero-order valence-electron chi connectivity index (χ0n) is 16.4. The van der Waals surface area contributed by atoms with E-state index in [1.54, 1.807) is 12.1 Å². The van der Waals surface area contributed by atoms with E-state index in [2.05, 4.69) is 9.97 Å². The zero-order valence-corrected chi connectivity index (χ0v) is 16.4. The summed E-state index contributed by atoms with van der Waals surface area (Å²) in [7, 11) is 0. The summed E-state index contributed by atoms with van der Waals surface area (Å²) in [4.78, 5) is 34.4. The van der Waals surface area contributed by atoms with Crippen molar-refractivity contribution in [3.8, 4) is 12.1 Å². The number of nitriles is 2. The lowest BCUT2D eigenvalue weighted by atomic mass is 10.1. The molecule has 0 aliphatic carbocycles. The van der Waals surface area contributed by atoms with E-state index in [0.717, 1.165) is 14.9 Å². The van der Waals surface area contributed by atoms with Crippen molar-refractivity contribution >= 4 is 43.9 Å². The lowest BCUT2D eigenvalue weighted by molar-refractivity contribution is -0.136. The number of aryl methyl sites for hydroxylation is 1. The third-order valence-electron chi connectivity index (χ3n) is 5.81. The van der Waals surface area contributed by atoms with Crippen molar-refractivity contribution in [2.75, 3.05) is 0 Å². The van der Waals surface area contributed by atoms with Crippen LogP contribution >= 0.6 is 0 Å². The van der Waals surface area contributed by atoms with Gasteiger partial charge in [0.25, 0.3) is 11.1 Å². The van der Waals surface area contributed by atoms with Crippen molar-refractivity contribution < 1.29 is 13.2 Å². The van der Waals surface area contributed by atoms with E-state index in [1.165, 1.54) is 25.1 Å². The molecule has 0 aliphatic heterocycles. The van der Waals surface area contributed by atoms with Crippen LogP contribution in [0.5, 0.6) is 0 Å². The van der Waals surface area contributed by atoms with E-state index in [0.29, 0.717) is 5.56 Å². The Morgan fingerprint density at radius 1 is 0.848 bits per heavy atom. The highest BCUT2D eigenvalue weighted by Gasteiger charge is 2.35. The molecule has 0 fully saturated rings. The zero-order chi connectivity index (χ0) is 23.4. The first kappa shape index (κ1) is 19.0. The fourth-order valence-corrected chi connectivity index (χ4v) is 4.46. The normalized spacial score (nSPS) is 12.4. The molecule has 0 N–H and O–H groups in total. The molecular formula is C22H7F3N6O2. The first-order valence-electron chi connectivity index (χ1n) is 9.47. The number of hydrogen-bond donors (Lipinski definition) is 0. The average molecular weight is 444 g/mol. The Hall–Kier alpha value is -4.77. The van der Waals surface area contributed by atoms with Crippen LogP contribution in [0.3, 0.4) is 0 Å². The van der Waals surface area contributed by atoms with Gasteiger partial charge in [0.05, 0.1) is 21.9 Å². The monoisotopic (exact) mass is 444 g/mol. The molecule has 0 radical (unpaired) electrons. The molecule has 158 valence electrons. The number of nitrogens with zero attached hydrogens (tertiary/aromatic N) is 6. The Balaban J connectivity index is 1.82. The summed E-state index contributed by atoms with van der Waals surface area (Å²) in [6, 6.07) is 8.74. The minimum absolute atomic E-state index is 0.000499. The molecule has 8 nitrogen and oxygen atoms in total. The molecule has 33 heavy (non-hydrogen) atoms. The number of aromatic nitrogens is 4. The van der Waals surface area contributed by atoms with Gasteiger partial charge >= 0.3 is 6.18 Å². The van der Waals surface area contributed by atoms with Crippen LogP contribution in [0.4, 0.5) is 13.2 Å². The largest absolute Gasteiger partial charge is 0.418 e. The van der Waals surface area contributed by atoms with Gasteiger partial charge in [0.2, 0.25) is 0 Å². The second-order valence-electron chi connectivity index (χ2n) is 7.69. The van der Waals surface area contributed by atoms with Gasteiger partial charge in [0.1, 0.15) is 23.3 Å². The van der Waals surface area contributed by atoms with Gasteiger partial charge in [-0.25, -0.2) is 14.4 Å². The molecule has 6 rings (SSSR count). The molecule has 4 aromatic heterocycles. The lowest BCUT2D eigenvalue weighted by Gasteiger charge is -2.08. The molecule has 0 saturated heterocycles. The lowest BCUT2D eigenvalue weighted by Crippen LogP contribution is -2.09. The number of halogens is 3. The first-order valence-corrected chi connectivity index (χ1v) is 9.47. The second kappa shape index (κ2) is 5.72. The van der Waals surface area contributed by atoms with Gasteiger partial charge in [-0.05, 0) is 36.8 Å².